The van der Waals surface area contributed by atoms with E-state index in [1.165, 1.54) is 45.2 Å². The van der Waals surface area contributed by atoms with Gasteiger partial charge in [0, 0.05) is 45.8 Å². The highest BCUT2D eigenvalue weighted by Gasteiger charge is 2.26. The Balaban J connectivity index is 0.00000243. The van der Waals surface area contributed by atoms with E-state index in [1.807, 2.05) is 11.6 Å². The zero-order valence-corrected chi connectivity index (χ0v) is 18.3. The van der Waals surface area contributed by atoms with E-state index in [-0.39, 0.29) is 24.0 Å². The minimum atomic E-state index is 0. The number of hydrogen-bond donors (Lipinski definition) is 2. The van der Waals surface area contributed by atoms with Crippen LogP contribution in [-0.4, -0.2) is 64.9 Å². The standard InChI is InChI=1S/C18H33N7.HI/c1-19-18(20-9-4-5-10-25-14-21-22-15-25)23-17-8-11-24(13-17)12-16-6-2-3-7-16;/h14-17H,2-13H2,1H3,(H2,19,20,23);1H. The molecule has 0 bridgehead atoms. The molecular formula is C18H34IN7. The number of rotatable bonds is 8. The summed E-state index contributed by atoms with van der Waals surface area (Å²) < 4.78 is 2.02. The lowest BCUT2D eigenvalue weighted by Gasteiger charge is -2.21. The minimum Gasteiger partial charge on any atom is -0.356 e. The van der Waals surface area contributed by atoms with E-state index in [4.69, 9.17) is 0 Å². The SMILES string of the molecule is CN=C(NCCCCn1cnnc1)NC1CCN(CC2CCCC2)C1.I. The third kappa shape index (κ3) is 7.02. The quantitative estimate of drug-likeness (QED) is 0.261. The van der Waals surface area contributed by atoms with Gasteiger partial charge in [0.25, 0.3) is 0 Å². The lowest BCUT2D eigenvalue weighted by molar-refractivity contribution is 0.275. The molecule has 3 rings (SSSR count). The van der Waals surface area contributed by atoms with Crippen molar-refractivity contribution in [3.63, 3.8) is 0 Å². The number of guanidine groups is 1. The van der Waals surface area contributed by atoms with Crippen molar-refractivity contribution >= 4 is 29.9 Å². The summed E-state index contributed by atoms with van der Waals surface area (Å²) >= 11 is 0. The number of unbranched alkanes of at least 4 members (excludes halogenated alkanes) is 1. The van der Waals surface area contributed by atoms with E-state index >= 15 is 0 Å². The van der Waals surface area contributed by atoms with E-state index in [2.05, 4.69) is 30.7 Å². The second-order valence-corrected chi connectivity index (χ2v) is 7.45. The van der Waals surface area contributed by atoms with Crippen LogP contribution in [0.5, 0.6) is 0 Å². The van der Waals surface area contributed by atoms with Crippen molar-refractivity contribution < 1.29 is 0 Å². The second-order valence-electron chi connectivity index (χ2n) is 7.45. The van der Waals surface area contributed by atoms with E-state index < -0.39 is 0 Å². The molecule has 1 atom stereocenters. The van der Waals surface area contributed by atoms with Gasteiger partial charge in [-0.15, -0.1) is 34.2 Å². The van der Waals surface area contributed by atoms with Crippen molar-refractivity contribution in [1.82, 2.24) is 30.3 Å². The van der Waals surface area contributed by atoms with Crippen LogP contribution in [0.15, 0.2) is 17.6 Å². The molecule has 2 aliphatic rings. The molecule has 1 saturated carbocycles. The number of aromatic nitrogens is 3. The molecule has 0 radical (unpaired) electrons. The number of nitrogens with one attached hydrogen (secondary N) is 2. The summed E-state index contributed by atoms with van der Waals surface area (Å²) in [6.07, 6.45) is 12.7. The molecule has 1 aliphatic heterocycles. The number of hydrogen-bond acceptors (Lipinski definition) is 4. The van der Waals surface area contributed by atoms with Crippen molar-refractivity contribution in [2.75, 3.05) is 33.2 Å². The van der Waals surface area contributed by atoms with Crippen LogP contribution in [0.4, 0.5) is 0 Å². The van der Waals surface area contributed by atoms with Gasteiger partial charge in [0.1, 0.15) is 12.7 Å². The number of halogens is 1. The third-order valence-electron chi connectivity index (χ3n) is 5.43. The second kappa shape index (κ2) is 11.7. The fraction of sp³-hybridized carbons (Fsp3) is 0.833. The molecule has 2 fully saturated rings. The van der Waals surface area contributed by atoms with Gasteiger partial charge in [-0.1, -0.05) is 12.8 Å². The zero-order chi connectivity index (χ0) is 17.3. The van der Waals surface area contributed by atoms with Gasteiger partial charge in [0.2, 0.25) is 0 Å². The first-order valence-corrected chi connectivity index (χ1v) is 9.85. The minimum absolute atomic E-state index is 0. The van der Waals surface area contributed by atoms with Crippen LogP contribution in [0.2, 0.25) is 0 Å². The lowest BCUT2D eigenvalue weighted by Crippen LogP contribution is -2.45. The largest absolute Gasteiger partial charge is 0.356 e. The molecule has 1 aliphatic carbocycles. The maximum atomic E-state index is 4.38. The average Bonchev–Trinajstić information content (AvgIpc) is 3.37. The van der Waals surface area contributed by atoms with Crippen LogP contribution in [-0.2, 0) is 6.54 Å². The van der Waals surface area contributed by atoms with Crippen LogP contribution in [0.25, 0.3) is 0 Å². The summed E-state index contributed by atoms with van der Waals surface area (Å²) in [4.78, 5) is 7.02. The molecule has 1 aromatic heterocycles. The summed E-state index contributed by atoms with van der Waals surface area (Å²) in [6.45, 7) is 5.60. The van der Waals surface area contributed by atoms with Crippen molar-refractivity contribution in [3.05, 3.63) is 12.7 Å². The van der Waals surface area contributed by atoms with Crippen LogP contribution in [0.3, 0.4) is 0 Å². The molecule has 148 valence electrons. The van der Waals surface area contributed by atoms with Crippen molar-refractivity contribution in [3.8, 4) is 0 Å². The molecule has 0 spiro atoms. The fourth-order valence-electron chi connectivity index (χ4n) is 4.03. The number of aliphatic imine (C=N–C) groups is 1. The van der Waals surface area contributed by atoms with E-state index in [0.29, 0.717) is 6.04 Å². The van der Waals surface area contributed by atoms with Crippen LogP contribution in [0, 0.1) is 5.92 Å². The summed E-state index contributed by atoms with van der Waals surface area (Å²) in [5.41, 5.74) is 0. The Hall–Kier alpha value is -0.900. The van der Waals surface area contributed by atoms with Crippen LogP contribution >= 0.6 is 24.0 Å². The Morgan fingerprint density at radius 1 is 1.15 bits per heavy atom. The monoisotopic (exact) mass is 475 g/mol. The van der Waals surface area contributed by atoms with Crippen LogP contribution < -0.4 is 10.6 Å². The van der Waals surface area contributed by atoms with Gasteiger partial charge in [-0.25, -0.2) is 0 Å². The average molecular weight is 475 g/mol. The highest BCUT2D eigenvalue weighted by molar-refractivity contribution is 14.0. The van der Waals surface area contributed by atoms with E-state index in [0.717, 1.165) is 44.4 Å². The van der Waals surface area contributed by atoms with Crippen LogP contribution in [0.1, 0.15) is 44.9 Å². The Bertz CT molecular complexity index is 514. The molecule has 2 heterocycles. The van der Waals surface area contributed by atoms with Gasteiger partial charge in [0.05, 0.1) is 0 Å². The van der Waals surface area contributed by atoms with Gasteiger partial charge in [-0.3, -0.25) is 4.99 Å². The fourth-order valence-corrected chi connectivity index (χ4v) is 4.03. The summed E-state index contributed by atoms with van der Waals surface area (Å²) in [6, 6.07) is 0.532. The van der Waals surface area contributed by atoms with Gasteiger partial charge >= 0.3 is 0 Å². The maximum absolute atomic E-state index is 4.38. The van der Waals surface area contributed by atoms with Gasteiger partial charge in [0.15, 0.2) is 5.96 Å². The highest BCUT2D eigenvalue weighted by Crippen LogP contribution is 2.26. The number of aryl methyl sites for hydroxylation is 1. The maximum Gasteiger partial charge on any atom is 0.191 e. The summed E-state index contributed by atoms with van der Waals surface area (Å²) in [5.74, 6) is 1.89. The first kappa shape index (κ1) is 21.4. The lowest BCUT2D eigenvalue weighted by atomic mass is 10.1. The molecule has 7 nitrogen and oxygen atoms in total. The van der Waals surface area contributed by atoms with Crippen molar-refractivity contribution in [1.29, 1.82) is 0 Å². The first-order valence-electron chi connectivity index (χ1n) is 9.85. The predicted molar refractivity (Wildman–Crippen MR) is 116 cm³/mol. The van der Waals surface area contributed by atoms with Gasteiger partial charge in [-0.2, -0.15) is 0 Å². The molecule has 1 unspecified atom stereocenters. The first-order chi connectivity index (χ1) is 12.3. The number of nitrogens with zero attached hydrogens (tertiary/aromatic N) is 5. The number of likely N-dealkylation sites (tertiary alicyclic amines) is 1. The summed E-state index contributed by atoms with van der Waals surface area (Å²) in [7, 11) is 1.86. The van der Waals surface area contributed by atoms with Crippen molar-refractivity contribution in [2.24, 2.45) is 10.9 Å². The predicted octanol–water partition coefficient (Wildman–Crippen LogP) is 2.11. The molecule has 1 saturated heterocycles. The Morgan fingerprint density at radius 3 is 2.65 bits per heavy atom. The van der Waals surface area contributed by atoms with Gasteiger partial charge < -0.3 is 20.1 Å². The molecule has 26 heavy (non-hydrogen) atoms. The zero-order valence-electron chi connectivity index (χ0n) is 15.9. The Kier molecular flexibility index (Phi) is 9.66. The normalized spacial score (nSPS) is 21.7. The molecule has 2 N–H and O–H groups in total. The molecule has 0 aromatic carbocycles. The molecule has 1 aromatic rings. The smallest absolute Gasteiger partial charge is 0.191 e. The molecule has 8 heteroatoms. The summed E-state index contributed by atoms with van der Waals surface area (Å²) in [5, 5.41) is 14.7. The Morgan fingerprint density at radius 2 is 1.92 bits per heavy atom. The third-order valence-corrected chi connectivity index (χ3v) is 5.43. The molecule has 0 amide bonds. The van der Waals surface area contributed by atoms with Crippen molar-refractivity contribution in [2.45, 2.75) is 57.5 Å². The topological polar surface area (TPSA) is 70.4 Å². The van der Waals surface area contributed by atoms with E-state index in [1.54, 1.807) is 12.7 Å². The highest BCUT2D eigenvalue weighted by atomic mass is 127. The molecular weight excluding hydrogens is 441 g/mol. The van der Waals surface area contributed by atoms with E-state index in [9.17, 15) is 0 Å². The van der Waals surface area contributed by atoms with Gasteiger partial charge in [-0.05, 0) is 38.0 Å². The Labute approximate surface area is 174 Å².